The van der Waals surface area contributed by atoms with E-state index < -0.39 is 5.97 Å². The first-order chi connectivity index (χ1) is 13.3. The van der Waals surface area contributed by atoms with Crippen LogP contribution in [0.5, 0.6) is 0 Å². The van der Waals surface area contributed by atoms with Gasteiger partial charge in [0, 0.05) is 11.5 Å². The van der Waals surface area contributed by atoms with E-state index in [4.69, 9.17) is 9.26 Å². The summed E-state index contributed by atoms with van der Waals surface area (Å²) in [6, 6.07) is 11.3. The number of benzene rings is 1. The summed E-state index contributed by atoms with van der Waals surface area (Å²) in [5, 5.41) is 5.86. The summed E-state index contributed by atoms with van der Waals surface area (Å²) in [6.07, 6.45) is 0. The van der Waals surface area contributed by atoms with E-state index in [2.05, 4.69) is 15.1 Å². The van der Waals surface area contributed by atoms with Crippen LogP contribution in [-0.4, -0.2) is 32.8 Å². The zero-order valence-electron chi connectivity index (χ0n) is 14.2. The van der Waals surface area contributed by atoms with Crippen molar-refractivity contribution in [2.24, 2.45) is 4.99 Å². The smallest absolute Gasteiger partial charge is 0.338 e. The van der Waals surface area contributed by atoms with E-state index in [1.807, 2.05) is 35.7 Å². The highest BCUT2D eigenvalue weighted by molar-refractivity contribution is 8.38. The molecule has 0 fully saturated rings. The number of thioether (sulfide) groups is 2. The molecule has 0 atom stereocenters. The van der Waals surface area contributed by atoms with Gasteiger partial charge in [-0.1, -0.05) is 52.9 Å². The first-order valence-corrected chi connectivity index (χ1v) is 11.1. The molecule has 1 aliphatic rings. The number of hydrogen-bond donors (Lipinski definition) is 0. The largest absolute Gasteiger partial charge is 0.452 e. The maximum absolute atomic E-state index is 12.5. The van der Waals surface area contributed by atoms with Gasteiger partial charge in [-0.25, -0.2) is 4.79 Å². The van der Waals surface area contributed by atoms with E-state index in [9.17, 15) is 4.79 Å². The number of carbonyl (C=O) groups excluding carboxylic acids is 1. The minimum Gasteiger partial charge on any atom is -0.452 e. The Labute approximate surface area is 168 Å². The number of ether oxygens (including phenoxy) is 1. The molecule has 138 valence electrons. The molecular weight excluding hydrogens is 402 g/mol. The van der Waals surface area contributed by atoms with Crippen molar-refractivity contribution in [3.63, 3.8) is 0 Å². The van der Waals surface area contributed by atoms with Crippen molar-refractivity contribution in [2.75, 3.05) is 12.3 Å². The second-order valence-electron chi connectivity index (χ2n) is 5.51. The second kappa shape index (κ2) is 8.73. The summed E-state index contributed by atoms with van der Waals surface area (Å²) in [5.41, 5.74) is 1.47. The fourth-order valence-electron chi connectivity index (χ4n) is 2.41. The van der Waals surface area contributed by atoms with E-state index in [1.54, 1.807) is 29.6 Å². The van der Waals surface area contributed by atoms with Crippen molar-refractivity contribution in [1.29, 1.82) is 0 Å². The summed E-state index contributed by atoms with van der Waals surface area (Å²) in [4.78, 5) is 22.1. The van der Waals surface area contributed by atoms with Crippen molar-refractivity contribution in [1.82, 2.24) is 10.1 Å². The second-order valence-corrected chi connectivity index (χ2v) is 8.76. The molecule has 1 aromatic carbocycles. The Morgan fingerprint density at radius 1 is 1.26 bits per heavy atom. The van der Waals surface area contributed by atoms with Crippen molar-refractivity contribution in [2.45, 2.75) is 12.4 Å². The average Bonchev–Trinajstić information content (AvgIpc) is 3.47. The highest BCUT2D eigenvalue weighted by atomic mass is 32.2. The molecule has 0 radical (unpaired) electrons. The van der Waals surface area contributed by atoms with Crippen LogP contribution in [0.4, 0.5) is 0 Å². The van der Waals surface area contributed by atoms with Crippen LogP contribution in [0, 0.1) is 0 Å². The molecule has 4 rings (SSSR count). The van der Waals surface area contributed by atoms with Crippen molar-refractivity contribution in [3.8, 4) is 10.7 Å². The molecule has 2 aromatic heterocycles. The van der Waals surface area contributed by atoms with Crippen molar-refractivity contribution < 1.29 is 14.1 Å². The molecule has 0 saturated heterocycles. The molecule has 6 nitrogen and oxygen atoms in total. The van der Waals surface area contributed by atoms with Gasteiger partial charge in [-0.15, -0.1) is 11.3 Å². The van der Waals surface area contributed by atoms with Crippen LogP contribution >= 0.6 is 34.9 Å². The zero-order valence-corrected chi connectivity index (χ0v) is 16.6. The SMILES string of the molecule is O=C(OCc1nc(-c2cccs2)no1)c1ccccc1CSC1=NCCS1. The van der Waals surface area contributed by atoms with Gasteiger partial charge < -0.3 is 9.26 Å². The van der Waals surface area contributed by atoms with Gasteiger partial charge in [-0.3, -0.25) is 4.99 Å². The van der Waals surface area contributed by atoms with E-state index >= 15 is 0 Å². The normalized spacial score (nSPS) is 13.6. The lowest BCUT2D eigenvalue weighted by Crippen LogP contribution is -2.08. The summed E-state index contributed by atoms with van der Waals surface area (Å²) in [5.74, 6) is 2.09. The maximum Gasteiger partial charge on any atom is 0.338 e. The number of hydrogen-bond acceptors (Lipinski definition) is 9. The fraction of sp³-hybridized carbons (Fsp3) is 0.222. The van der Waals surface area contributed by atoms with Crippen molar-refractivity contribution in [3.05, 3.63) is 58.8 Å². The Morgan fingerprint density at radius 2 is 2.19 bits per heavy atom. The maximum atomic E-state index is 12.5. The zero-order chi connectivity index (χ0) is 18.5. The van der Waals surface area contributed by atoms with Crippen LogP contribution in [-0.2, 0) is 17.1 Å². The number of nitrogens with zero attached hydrogens (tertiary/aromatic N) is 3. The van der Waals surface area contributed by atoms with Gasteiger partial charge in [-0.05, 0) is 23.1 Å². The van der Waals surface area contributed by atoms with Gasteiger partial charge in [0.2, 0.25) is 5.82 Å². The Morgan fingerprint density at radius 3 is 3.00 bits per heavy atom. The molecule has 0 saturated carbocycles. The lowest BCUT2D eigenvalue weighted by molar-refractivity contribution is 0.0429. The van der Waals surface area contributed by atoms with Gasteiger partial charge >= 0.3 is 5.97 Å². The standard InChI is InChI=1S/C18H15N3O3S3/c22-17(23-10-15-20-16(21-24-15)14-6-3-8-25-14)13-5-2-1-4-12(13)11-27-18-19-7-9-26-18/h1-6,8H,7,9-11H2. The van der Waals surface area contributed by atoms with Crippen LogP contribution in [0.2, 0.25) is 0 Å². The number of rotatable bonds is 6. The molecule has 0 N–H and O–H groups in total. The summed E-state index contributed by atoms with van der Waals surface area (Å²) < 4.78 is 11.6. The van der Waals surface area contributed by atoms with Gasteiger partial charge in [0.1, 0.15) is 4.38 Å². The van der Waals surface area contributed by atoms with Crippen LogP contribution < -0.4 is 0 Å². The predicted molar refractivity (Wildman–Crippen MR) is 109 cm³/mol. The number of carbonyl (C=O) groups is 1. The predicted octanol–water partition coefficient (Wildman–Crippen LogP) is 4.49. The molecular formula is C18H15N3O3S3. The Kier molecular flexibility index (Phi) is 5.90. The highest BCUT2D eigenvalue weighted by Gasteiger charge is 2.17. The topological polar surface area (TPSA) is 77.6 Å². The lowest BCUT2D eigenvalue weighted by atomic mass is 10.1. The lowest BCUT2D eigenvalue weighted by Gasteiger charge is -2.08. The molecule has 27 heavy (non-hydrogen) atoms. The molecule has 3 heterocycles. The minimum absolute atomic E-state index is 0.0543. The quantitative estimate of drug-likeness (QED) is 0.547. The first-order valence-electron chi connectivity index (χ1n) is 8.21. The third kappa shape index (κ3) is 4.60. The van der Waals surface area contributed by atoms with Crippen LogP contribution in [0.15, 0.2) is 51.3 Å². The molecule has 0 spiro atoms. The Hall–Kier alpha value is -2.10. The Bertz CT molecular complexity index is 954. The molecule has 0 amide bonds. The molecule has 0 bridgehead atoms. The third-order valence-corrected chi connectivity index (χ3v) is 6.85. The van der Waals surface area contributed by atoms with E-state index in [1.165, 1.54) is 11.3 Å². The third-order valence-electron chi connectivity index (χ3n) is 3.68. The number of aromatic nitrogens is 2. The van der Waals surface area contributed by atoms with E-state index in [0.29, 0.717) is 17.1 Å². The number of esters is 1. The monoisotopic (exact) mass is 417 g/mol. The Balaban J connectivity index is 1.38. The minimum atomic E-state index is -0.400. The van der Waals surface area contributed by atoms with Crippen LogP contribution in [0.3, 0.4) is 0 Å². The molecule has 1 aliphatic heterocycles. The van der Waals surface area contributed by atoms with Crippen LogP contribution in [0.1, 0.15) is 21.8 Å². The molecule has 3 aromatic rings. The first kappa shape index (κ1) is 18.3. The molecule has 0 unspecified atom stereocenters. The van der Waals surface area contributed by atoms with Gasteiger partial charge in [0.25, 0.3) is 5.89 Å². The van der Waals surface area contributed by atoms with E-state index in [0.717, 1.165) is 27.1 Å². The van der Waals surface area contributed by atoms with Crippen LogP contribution in [0.25, 0.3) is 10.7 Å². The van der Waals surface area contributed by atoms with Gasteiger partial charge in [0.15, 0.2) is 6.61 Å². The van der Waals surface area contributed by atoms with Crippen molar-refractivity contribution >= 4 is 45.2 Å². The molecule has 9 heteroatoms. The summed E-state index contributed by atoms with van der Waals surface area (Å²) >= 11 is 4.93. The summed E-state index contributed by atoms with van der Waals surface area (Å²) in [6.45, 7) is 0.815. The average molecular weight is 418 g/mol. The van der Waals surface area contributed by atoms with E-state index in [-0.39, 0.29) is 12.5 Å². The number of thiophene rings is 1. The number of aliphatic imine (C=N–C) groups is 1. The van der Waals surface area contributed by atoms with Gasteiger partial charge in [-0.2, -0.15) is 4.98 Å². The highest BCUT2D eigenvalue weighted by Crippen LogP contribution is 2.27. The fourth-order valence-corrected chi connectivity index (χ4v) is 5.07. The molecule has 0 aliphatic carbocycles. The van der Waals surface area contributed by atoms with Gasteiger partial charge in [0.05, 0.1) is 17.0 Å². The summed E-state index contributed by atoms with van der Waals surface area (Å²) in [7, 11) is 0.